The number of aryl methyl sites for hydroxylation is 1. The van der Waals surface area contributed by atoms with Crippen LogP contribution in [0, 0.1) is 0 Å². The molecule has 0 bridgehead atoms. The van der Waals surface area contributed by atoms with Crippen LogP contribution in [-0.2, 0) is 6.42 Å². The average molecular weight is 220 g/mol. The summed E-state index contributed by atoms with van der Waals surface area (Å²) in [6, 6.07) is 1.04. The zero-order chi connectivity index (χ0) is 11.1. The molecule has 3 rings (SSSR count). The molecule has 4 nitrogen and oxygen atoms in total. The summed E-state index contributed by atoms with van der Waals surface area (Å²) in [6.45, 7) is 4.19. The van der Waals surface area contributed by atoms with E-state index in [1.54, 1.807) is 0 Å². The fourth-order valence-electron chi connectivity index (χ4n) is 2.43. The van der Waals surface area contributed by atoms with Crippen molar-refractivity contribution in [2.45, 2.75) is 44.7 Å². The van der Waals surface area contributed by atoms with Gasteiger partial charge in [0.05, 0.1) is 5.69 Å². The summed E-state index contributed by atoms with van der Waals surface area (Å²) >= 11 is 0. The Morgan fingerprint density at radius 1 is 1.44 bits per heavy atom. The highest BCUT2D eigenvalue weighted by atomic mass is 15.3. The predicted octanol–water partition coefficient (Wildman–Crippen LogP) is 1.32. The fourth-order valence-corrected chi connectivity index (χ4v) is 2.43. The zero-order valence-corrected chi connectivity index (χ0v) is 9.89. The van der Waals surface area contributed by atoms with Crippen molar-refractivity contribution in [3.8, 4) is 0 Å². The molecule has 4 heteroatoms. The highest BCUT2D eigenvalue weighted by Crippen LogP contribution is 2.38. The largest absolute Gasteiger partial charge is 0.341 e. The smallest absolute Gasteiger partial charge is 0.206 e. The standard InChI is InChI=1S/C12H20N4/c1-2-10-8-16(11-3-4-11)12(14-10)15-6-5-9(13)7-15/h8-9,11H,2-7,13H2,1H3. The van der Waals surface area contributed by atoms with Gasteiger partial charge in [-0.05, 0) is 25.7 Å². The molecule has 1 unspecified atom stereocenters. The summed E-state index contributed by atoms with van der Waals surface area (Å²) in [5, 5.41) is 0. The second-order valence-electron chi connectivity index (χ2n) is 5.02. The van der Waals surface area contributed by atoms with Gasteiger partial charge in [-0.25, -0.2) is 4.98 Å². The van der Waals surface area contributed by atoms with E-state index in [0.717, 1.165) is 31.9 Å². The molecule has 1 atom stereocenters. The Kier molecular flexibility index (Phi) is 2.39. The average Bonchev–Trinajstić information content (AvgIpc) is 2.89. The summed E-state index contributed by atoms with van der Waals surface area (Å²) < 4.78 is 2.37. The predicted molar refractivity (Wildman–Crippen MR) is 64.7 cm³/mol. The number of imidazole rings is 1. The molecule has 0 aromatic carbocycles. The monoisotopic (exact) mass is 220 g/mol. The molecule has 1 saturated heterocycles. The maximum atomic E-state index is 5.96. The number of nitrogens with zero attached hydrogens (tertiary/aromatic N) is 3. The Bertz CT molecular complexity index is 380. The third-order valence-corrected chi connectivity index (χ3v) is 3.57. The molecule has 2 aliphatic rings. The first-order valence-corrected chi connectivity index (χ1v) is 6.36. The number of hydrogen-bond donors (Lipinski definition) is 1. The molecule has 2 fully saturated rings. The van der Waals surface area contributed by atoms with E-state index in [1.165, 1.54) is 18.5 Å². The number of rotatable bonds is 3. The second-order valence-corrected chi connectivity index (χ2v) is 5.02. The van der Waals surface area contributed by atoms with Gasteiger partial charge in [-0.1, -0.05) is 6.92 Å². The lowest BCUT2D eigenvalue weighted by atomic mass is 10.3. The molecule has 1 saturated carbocycles. The Morgan fingerprint density at radius 2 is 2.25 bits per heavy atom. The second kappa shape index (κ2) is 3.77. The molecule has 0 spiro atoms. The van der Waals surface area contributed by atoms with Gasteiger partial charge >= 0.3 is 0 Å². The summed E-state index contributed by atoms with van der Waals surface area (Å²) in [5.41, 5.74) is 7.18. The lowest BCUT2D eigenvalue weighted by Crippen LogP contribution is -2.28. The molecule has 1 aliphatic heterocycles. The first-order valence-electron chi connectivity index (χ1n) is 6.36. The van der Waals surface area contributed by atoms with E-state index < -0.39 is 0 Å². The number of nitrogens with two attached hydrogens (primary N) is 1. The van der Waals surface area contributed by atoms with E-state index in [2.05, 4.69) is 22.6 Å². The molecular weight excluding hydrogens is 200 g/mol. The fraction of sp³-hybridized carbons (Fsp3) is 0.750. The van der Waals surface area contributed by atoms with Crippen LogP contribution in [0.25, 0.3) is 0 Å². The van der Waals surface area contributed by atoms with E-state index in [0.29, 0.717) is 12.1 Å². The minimum Gasteiger partial charge on any atom is -0.341 e. The maximum absolute atomic E-state index is 5.96. The molecule has 16 heavy (non-hydrogen) atoms. The lowest BCUT2D eigenvalue weighted by molar-refractivity contribution is 0.706. The van der Waals surface area contributed by atoms with Gasteiger partial charge in [0.2, 0.25) is 5.95 Å². The van der Waals surface area contributed by atoms with Gasteiger partial charge in [0.25, 0.3) is 0 Å². The van der Waals surface area contributed by atoms with Crippen LogP contribution in [-0.4, -0.2) is 28.7 Å². The van der Waals surface area contributed by atoms with Crippen LogP contribution >= 0.6 is 0 Å². The minimum atomic E-state index is 0.328. The Labute approximate surface area is 96.4 Å². The zero-order valence-electron chi connectivity index (χ0n) is 9.89. The van der Waals surface area contributed by atoms with Gasteiger partial charge in [-0.15, -0.1) is 0 Å². The Balaban J connectivity index is 1.89. The molecule has 88 valence electrons. The van der Waals surface area contributed by atoms with Crippen LogP contribution < -0.4 is 10.6 Å². The van der Waals surface area contributed by atoms with Gasteiger partial charge in [0, 0.05) is 31.4 Å². The lowest BCUT2D eigenvalue weighted by Gasteiger charge is -2.18. The first kappa shape index (κ1) is 10.1. The minimum absolute atomic E-state index is 0.328. The van der Waals surface area contributed by atoms with E-state index >= 15 is 0 Å². The Morgan fingerprint density at radius 3 is 2.81 bits per heavy atom. The Hall–Kier alpha value is -1.03. The normalized spacial score (nSPS) is 25.4. The summed E-state index contributed by atoms with van der Waals surface area (Å²) in [7, 11) is 0. The van der Waals surface area contributed by atoms with Crippen LogP contribution in [0.15, 0.2) is 6.20 Å². The molecule has 0 amide bonds. The molecule has 0 radical (unpaired) electrons. The van der Waals surface area contributed by atoms with Gasteiger partial charge in [0.1, 0.15) is 0 Å². The molecule has 2 heterocycles. The van der Waals surface area contributed by atoms with E-state index in [1.807, 2.05) is 0 Å². The summed E-state index contributed by atoms with van der Waals surface area (Å²) in [6.07, 6.45) is 6.97. The van der Waals surface area contributed by atoms with Gasteiger partial charge < -0.3 is 15.2 Å². The number of hydrogen-bond acceptors (Lipinski definition) is 3. The highest BCUT2D eigenvalue weighted by Gasteiger charge is 2.30. The van der Waals surface area contributed by atoms with Crippen molar-refractivity contribution in [2.75, 3.05) is 18.0 Å². The maximum Gasteiger partial charge on any atom is 0.206 e. The van der Waals surface area contributed by atoms with Gasteiger partial charge in [-0.3, -0.25) is 0 Å². The first-order chi connectivity index (χ1) is 7.78. The van der Waals surface area contributed by atoms with Crippen LogP contribution in [0.4, 0.5) is 5.95 Å². The van der Waals surface area contributed by atoms with Crippen molar-refractivity contribution >= 4 is 5.95 Å². The highest BCUT2D eigenvalue weighted by molar-refractivity contribution is 5.37. The van der Waals surface area contributed by atoms with Crippen molar-refractivity contribution in [2.24, 2.45) is 5.73 Å². The summed E-state index contributed by atoms with van der Waals surface area (Å²) in [4.78, 5) is 7.09. The van der Waals surface area contributed by atoms with E-state index in [9.17, 15) is 0 Å². The van der Waals surface area contributed by atoms with Crippen LogP contribution in [0.5, 0.6) is 0 Å². The van der Waals surface area contributed by atoms with E-state index in [4.69, 9.17) is 10.7 Å². The van der Waals surface area contributed by atoms with E-state index in [-0.39, 0.29) is 0 Å². The van der Waals surface area contributed by atoms with Gasteiger partial charge in [-0.2, -0.15) is 0 Å². The third kappa shape index (κ3) is 1.71. The molecular formula is C12H20N4. The van der Waals surface area contributed by atoms with Crippen LogP contribution in [0.3, 0.4) is 0 Å². The SMILES string of the molecule is CCc1cn(C2CC2)c(N2CCC(N)C2)n1. The molecule has 1 aromatic rings. The molecule has 1 aliphatic carbocycles. The summed E-state index contributed by atoms with van der Waals surface area (Å²) in [5.74, 6) is 1.16. The van der Waals surface area contributed by atoms with Crippen LogP contribution in [0.2, 0.25) is 0 Å². The van der Waals surface area contributed by atoms with Crippen LogP contribution in [0.1, 0.15) is 37.9 Å². The molecule has 1 aromatic heterocycles. The molecule has 2 N–H and O–H groups in total. The van der Waals surface area contributed by atoms with Crippen molar-refractivity contribution in [1.29, 1.82) is 0 Å². The quantitative estimate of drug-likeness (QED) is 0.835. The number of anilines is 1. The van der Waals surface area contributed by atoms with Crippen molar-refractivity contribution < 1.29 is 0 Å². The number of aromatic nitrogens is 2. The van der Waals surface area contributed by atoms with Crippen molar-refractivity contribution in [3.63, 3.8) is 0 Å². The van der Waals surface area contributed by atoms with Crippen molar-refractivity contribution in [1.82, 2.24) is 9.55 Å². The van der Waals surface area contributed by atoms with Crippen molar-refractivity contribution in [3.05, 3.63) is 11.9 Å². The van der Waals surface area contributed by atoms with Gasteiger partial charge in [0.15, 0.2) is 0 Å². The topological polar surface area (TPSA) is 47.1 Å². The third-order valence-electron chi connectivity index (χ3n) is 3.57.